The summed E-state index contributed by atoms with van der Waals surface area (Å²) in [5.41, 5.74) is 1.54. The van der Waals surface area contributed by atoms with E-state index in [-0.39, 0.29) is 40.8 Å². The highest BCUT2D eigenvalue weighted by molar-refractivity contribution is 6.99. The van der Waals surface area contributed by atoms with Crippen LogP contribution in [0.5, 0.6) is 0 Å². The molecule has 6 heteroatoms. The summed E-state index contributed by atoms with van der Waals surface area (Å²) in [7, 11) is -2.87. The second-order valence-electron chi connectivity index (χ2n) is 14.8. The summed E-state index contributed by atoms with van der Waals surface area (Å²) in [5, 5.41) is 2.44. The van der Waals surface area contributed by atoms with E-state index in [9.17, 15) is 4.79 Å². The number of ether oxygens (including phenoxy) is 1. The molecule has 5 atom stereocenters. The molecule has 3 heterocycles. The Morgan fingerprint density at radius 3 is 1.95 bits per heavy atom. The van der Waals surface area contributed by atoms with Gasteiger partial charge in [-0.05, 0) is 64.9 Å². The maximum Gasteiger partial charge on any atom is 0.410 e. The van der Waals surface area contributed by atoms with Gasteiger partial charge in [-0.3, -0.25) is 9.80 Å². The number of carbonyl (C=O) groups is 1. The molecule has 44 heavy (non-hydrogen) atoms. The minimum atomic E-state index is -2.87. The number of hydrogen-bond donors (Lipinski definition) is 0. The van der Waals surface area contributed by atoms with E-state index in [0.717, 1.165) is 31.8 Å². The first kappa shape index (κ1) is 29.8. The zero-order valence-electron chi connectivity index (χ0n) is 26.8. The molecule has 4 aliphatic rings. The van der Waals surface area contributed by atoms with E-state index in [2.05, 4.69) is 122 Å². The molecule has 4 fully saturated rings. The van der Waals surface area contributed by atoms with Crippen LogP contribution < -0.4 is 10.4 Å². The van der Waals surface area contributed by atoms with Crippen molar-refractivity contribution in [3.05, 3.63) is 96.6 Å². The largest absolute Gasteiger partial charge is 0.450 e. The highest BCUT2D eigenvalue weighted by Crippen LogP contribution is 2.60. The van der Waals surface area contributed by atoms with Gasteiger partial charge in [-0.1, -0.05) is 118 Å². The number of hydrogen-bond acceptors (Lipinski definition) is 4. The van der Waals surface area contributed by atoms with Crippen molar-refractivity contribution in [2.45, 2.75) is 95.6 Å². The predicted octanol–water partition coefficient (Wildman–Crippen LogP) is 6.61. The fourth-order valence-electron chi connectivity index (χ4n) is 9.43. The second-order valence-corrected chi connectivity index (χ2v) is 19.0. The lowest BCUT2D eigenvalue weighted by Crippen LogP contribution is -2.69. The summed E-state index contributed by atoms with van der Waals surface area (Å²) in [6.45, 7) is 11.3. The van der Waals surface area contributed by atoms with Crippen LogP contribution in [0.4, 0.5) is 4.79 Å². The minimum absolute atomic E-state index is 0.000762. The van der Waals surface area contributed by atoms with Gasteiger partial charge in [-0.2, -0.15) is 0 Å². The number of nitrogens with zero attached hydrogens (tertiary/aromatic N) is 2. The highest BCUT2D eigenvalue weighted by Gasteiger charge is 2.68. The van der Waals surface area contributed by atoms with Crippen molar-refractivity contribution >= 4 is 24.8 Å². The van der Waals surface area contributed by atoms with E-state index in [4.69, 9.17) is 9.16 Å². The van der Waals surface area contributed by atoms with E-state index in [1.807, 2.05) is 6.92 Å². The van der Waals surface area contributed by atoms with Crippen molar-refractivity contribution in [1.82, 2.24) is 9.80 Å². The van der Waals surface area contributed by atoms with E-state index in [1.54, 1.807) is 0 Å². The molecule has 4 unspecified atom stereocenters. The second kappa shape index (κ2) is 11.5. The van der Waals surface area contributed by atoms with Crippen molar-refractivity contribution in [3.8, 4) is 0 Å². The average molecular weight is 609 g/mol. The monoisotopic (exact) mass is 608 g/mol. The van der Waals surface area contributed by atoms with Crippen molar-refractivity contribution < 1.29 is 14.0 Å². The van der Waals surface area contributed by atoms with Gasteiger partial charge in [-0.25, -0.2) is 4.79 Å². The number of likely N-dealkylation sites (tertiary alicyclic amines) is 1. The molecule has 0 radical (unpaired) electrons. The Labute approximate surface area is 264 Å². The molecule has 232 valence electrons. The third-order valence-corrected chi connectivity index (χ3v) is 16.4. The lowest BCUT2D eigenvalue weighted by Gasteiger charge is -2.57. The summed E-state index contributed by atoms with van der Waals surface area (Å²) >= 11 is 0. The third-order valence-electron chi connectivity index (χ3n) is 11.4. The fraction of sp³-hybridized carbons (Fsp3) is 0.500. The Morgan fingerprint density at radius 2 is 1.43 bits per heavy atom. The summed E-state index contributed by atoms with van der Waals surface area (Å²) in [6, 6.07) is 33.1. The molecule has 1 saturated carbocycles. The van der Waals surface area contributed by atoms with Crippen LogP contribution in [0.1, 0.15) is 65.4 Å². The van der Waals surface area contributed by atoms with Crippen LogP contribution in [0, 0.1) is 11.3 Å². The van der Waals surface area contributed by atoms with E-state index in [0.29, 0.717) is 6.61 Å². The van der Waals surface area contributed by atoms with Gasteiger partial charge in [0.2, 0.25) is 0 Å². The zero-order chi connectivity index (χ0) is 30.5. The van der Waals surface area contributed by atoms with Gasteiger partial charge in [0.25, 0.3) is 8.32 Å². The summed E-state index contributed by atoms with van der Waals surface area (Å²) < 4.78 is 13.8. The molecule has 0 aromatic heterocycles. The molecule has 0 spiro atoms. The smallest absolute Gasteiger partial charge is 0.410 e. The molecule has 1 aliphatic carbocycles. The first-order valence-corrected chi connectivity index (χ1v) is 18.7. The van der Waals surface area contributed by atoms with Crippen molar-refractivity contribution in [1.29, 1.82) is 0 Å². The molecule has 7 rings (SSSR count). The number of rotatable bonds is 8. The van der Waals surface area contributed by atoms with Crippen molar-refractivity contribution in [3.63, 3.8) is 0 Å². The SMILES string of the molecule is CCOC(=O)N1C2CC3(C4CCC4)CC1[C@H](O[Si](c1ccccc1)(c1ccccc1)C(C)(C)C)C2N(Cc1ccccc1)C3. The summed E-state index contributed by atoms with van der Waals surface area (Å²) in [5.74, 6) is 0.725. The van der Waals surface area contributed by atoms with Gasteiger partial charge in [0.15, 0.2) is 0 Å². The number of amides is 1. The van der Waals surface area contributed by atoms with Crippen LogP contribution in [0.2, 0.25) is 5.04 Å². The summed E-state index contributed by atoms with van der Waals surface area (Å²) in [6.07, 6.45) is 5.73. The normalized spacial score (nSPS) is 28.6. The highest BCUT2D eigenvalue weighted by atomic mass is 28.4. The van der Waals surface area contributed by atoms with Gasteiger partial charge in [0.05, 0.1) is 30.8 Å². The van der Waals surface area contributed by atoms with Gasteiger partial charge in [0.1, 0.15) is 0 Å². The zero-order valence-corrected chi connectivity index (χ0v) is 27.8. The third kappa shape index (κ3) is 4.76. The van der Waals surface area contributed by atoms with Crippen molar-refractivity contribution in [2.24, 2.45) is 11.3 Å². The number of piperidine rings is 2. The Morgan fingerprint density at radius 1 is 0.864 bits per heavy atom. The van der Waals surface area contributed by atoms with E-state index >= 15 is 0 Å². The standard InChI is InChI=1S/C38H48N2O3Si/c1-5-42-36(41)40-32-24-38(29-18-15-19-29)25-33(40)35(34(32)39(27-38)26-28-16-9-6-10-17-28)43-44(37(2,3)4,30-20-11-7-12-21-30)31-22-13-8-14-23-31/h6-14,16-17,20-23,29,32-35H,5,15,18-19,24-27H2,1-4H3/t32?,33?,34?,35-,38?/m0/s1. The molecule has 3 aliphatic heterocycles. The predicted molar refractivity (Wildman–Crippen MR) is 179 cm³/mol. The topological polar surface area (TPSA) is 42.0 Å². The van der Waals surface area contributed by atoms with Gasteiger partial charge >= 0.3 is 6.09 Å². The fourth-order valence-corrected chi connectivity index (χ4v) is 14.1. The lowest BCUT2D eigenvalue weighted by molar-refractivity contribution is -0.0862. The molecular formula is C38H48N2O3Si. The molecule has 1 amide bonds. The Hall–Kier alpha value is -2.93. The van der Waals surface area contributed by atoms with Gasteiger partial charge < -0.3 is 9.16 Å². The van der Waals surface area contributed by atoms with Crippen LogP contribution in [0.3, 0.4) is 0 Å². The summed E-state index contributed by atoms with van der Waals surface area (Å²) in [4.78, 5) is 18.7. The first-order chi connectivity index (χ1) is 21.3. The van der Waals surface area contributed by atoms with E-state index < -0.39 is 8.32 Å². The Bertz CT molecular complexity index is 1400. The molecule has 3 saturated heterocycles. The van der Waals surface area contributed by atoms with Crippen LogP contribution >= 0.6 is 0 Å². The average Bonchev–Trinajstić information content (AvgIpc) is 3.12. The number of fused-ring (bicyclic) bond motifs is 2. The maximum absolute atomic E-state index is 13.8. The molecular weight excluding hydrogens is 561 g/mol. The Kier molecular flexibility index (Phi) is 7.75. The molecule has 3 aromatic carbocycles. The van der Waals surface area contributed by atoms with E-state index in [1.165, 1.54) is 35.2 Å². The van der Waals surface area contributed by atoms with Crippen molar-refractivity contribution in [2.75, 3.05) is 13.2 Å². The van der Waals surface area contributed by atoms with Gasteiger partial charge in [0, 0.05) is 13.1 Å². The Balaban J connectivity index is 1.39. The van der Waals surface area contributed by atoms with Crippen LogP contribution in [-0.2, 0) is 15.7 Å². The molecule has 3 aromatic rings. The number of benzene rings is 3. The van der Waals surface area contributed by atoms with Gasteiger partial charge in [-0.15, -0.1) is 0 Å². The van der Waals surface area contributed by atoms with Crippen LogP contribution in [0.25, 0.3) is 0 Å². The quantitative estimate of drug-likeness (QED) is 0.270. The maximum atomic E-state index is 13.8. The first-order valence-electron chi connectivity index (χ1n) is 16.8. The molecule has 5 nitrogen and oxygen atoms in total. The van der Waals surface area contributed by atoms with Crippen LogP contribution in [0.15, 0.2) is 91.0 Å². The number of carbonyl (C=O) groups excluding carboxylic acids is 1. The molecule has 3 bridgehead atoms. The molecule has 0 N–H and O–H groups in total. The lowest BCUT2D eigenvalue weighted by atomic mass is 9.58. The van der Waals surface area contributed by atoms with Crippen LogP contribution in [-0.4, -0.2) is 61.6 Å². The minimum Gasteiger partial charge on any atom is -0.450 e.